The molecule has 0 amide bonds. The van der Waals surface area contributed by atoms with E-state index in [1.165, 1.54) is 17.2 Å². The first kappa shape index (κ1) is 57.0. The molecule has 30 heavy (non-hydrogen) atoms. The second kappa shape index (κ2) is 39.1. The first-order valence-electron chi connectivity index (χ1n) is 7.62. The molecule has 0 radical (unpaired) electrons. The summed E-state index contributed by atoms with van der Waals surface area (Å²) >= 11 is 0. The minimum absolute atomic E-state index is 0. The number of allylic oxidation sites excluding steroid dienone is 4. The Kier molecular flexibility index (Phi) is 74.2. The summed E-state index contributed by atoms with van der Waals surface area (Å²) in [5.41, 5.74) is 1.15. The topological polar surface area (TPSA) is 15.8 Å². The van der Waals surface area contributed by atoms with Crippen LogP contribution in [-0.2, 0) is 21.7 Å². The second-order valence-electron chi connectivity index (χ2n) is 6.00. The summed E-state index contributed by atoms with van der Waals surface area (Å²) < 4.78 is 0. The van der Waals surface area contributed by atoms with E-state index in [2.05, 4.69) is 70.9 Å². The van der Waals surface area contributed by atoms with E-state index in [9.17, 15) is 0 Å². The molecule has 0 saturated heterocycles. The first-order chi connectivity index (χ1) is 10.4. The molecule has 0 spiro atoms. The van der Waals surface area contributed by atoms with E-state index in [0.717, 1.165) is 11.9 Å². The fraction of sp³-hybridized carbons (Fsp3) is 0.269. The van der Waals surface area contributed by atoms with Crippen LogP contribution in [0.3, 0.4) is 0 Å². The molecule has 1 N–H and O–H groups in total. The van der Waals surface area contributed by atoms with E-state index >= 15 is 0 Å². The molecule has 1 aromatic heterocycles. The van der Waals surface area contributed by atoms with Crippen molar-refractivity contribution in [3.63, 3.8) is 0 Å². The number of benzene rings is 1. The Morgan fingerprint density at radius 1 is 0.800 bits per heavy atom. The van der Waals surface area contributed by atoms with Crippen molar-refractivity contribution in [1.82, 2.24) is 4.98 Å². The smallest absolute Gasteiger partial charge is 0 e. The van der Waals surface area contributed by atoms with Gasteiger partial charge in [-0.25, -0.2) is 12.2 Å². The molecule has 1 aromatic carbocycles. The SMILES string of the molecule is C[C-](C)C.C[C-](C)C.Cl.Cl.[C-]1=CC=CC1.[CH3-].[CH3-].[CH3-].[CH3-].[CH3-].[Ti].[c-]1cc2ccccc2[nH]1. The van der Waals surface area contributed by atoms with Crippen molar-refractivity contribution < 1.29 is 21.7 Å². The molecule has 0 saturated carbocycles. The Bertz CT molecular complexity index is 495. The van der Waals surface area contributed by atoms with E-state index in [0.29, 0.717) is 0 Å². The number of halogens is 2. The molecule has 4 heteroatoms. The minimum atomic E-state index is 0. The van der Waals surface area contributed by atoms with Crippen molar-refractivity contribution in [2.75, 3.05) is 0 Å². The van der Waals surface area contributed by atoms with E-state index in [4.69, 9.17) is 0 Å². The van der Waals surface area contributed by atoms with Crippen LogP contribution in [0.5, 0.6) is 0 Å². The van der Waals surface area contributed by atoms with Crippen molar-refractivity contribution in [3.8, 4) is 0 Å². The number of hydrogen-bond acceptors (Lipinski definition) is 0. The molecule has 182 valence electrons. The summed E-state index contributed by atoms with van der Waals surface area (Å²) in [6.45, 7) is 12.5. The molecular weight excluding hydrogens is 445 g/mol. The molecule has 1 aliphatic rings. The molecule has 1 aliphatic carbocycles. The monoisotopic (exact) mass is 490 g/mol. The number of rotatable bonds is 0. The van der Waals surface area contributed by atoms with Crippen LogP contribution < -0.4 is 0 Å². The summed E-state index contributed by atoms with van der Waals surface area (Å²) in [5.74, 6) is 2.83. The summed E-state index contributed by atoms with van der Waals surface area (Å²) in [5, 5.41) is 1.22. The molecule has 0 bridgehead atoms. The maximum atomic E-state index is 2.99. The normalized spacial score (nSPS) is 8.40. The predicted molar refractivity (Wildman–Crippen MR) is 146 cm³/mol. The second-order valence-corrected chi connectivity index (χ2v) is 6.00. The third-order valence-corrected chi connectivity index (χ3v) is 1.98. The number of hydrogen-bond donors (Lipinski definition) is 1. The summed E-state index contributed by atoms with van der Waals surface area (Å²) in [6.07, 6.45) is 12.9. The van der Waals surface area contributed by atoms with Crippen LogP contribution in [0.2, 0.25) is 0 Å². The number of H-pyrrole nitrogens is 1. The fourth-order valence-electron chi connectivity index (χ4n) is 1.27. The Labute approximate surface area is 219 Å². The van der Waals surface area contributed by atoms with Crippen LogP contribution in [0, 0.1) is 61.2 Å². The van der Waals surface area contributed by atoms with Gasteiger partial charge in [0.05, 0.1) is 0 Å². The maximum Gasteiger partial charge on any atom is 0 e. The van der Waals surface area contributed by atoms with E-state index < -0.39 is 0 Å². The van der Waals surface area contributed by atoms with Gasteiger partial charge in [0.2, 0.25) is 0 Å². The van der Waals surface area contributed by atoms with Crippen molar-refractivity contribution in [1.29, 1.82) is 0 Å². The summed E-state index contributed by atoms with van der Waals surface area (Å²) in [6, 6.07) is 10.1. The van der Waals surface area contributed by atoms with Crippen LogP contribution in [-0.4, -0.2) is 4.98 Å². The average Bonchev–Trinajstić information content (AvgIpc) is 3.12. The van der Waals surface area contributed by atoms with Crippen molar-refractivity contribution in [2.24, 2.45) is 0 Å². The number of para-hydroxylation sites is 1. The molecular formula is C26H46Cl2NTi-9. The van der Waals surface area contributed by atoms with Gasteiger partial charge in [0.1, 0.15) is 0 Å². The van der Waals surface area contributed by atoms with Gasteiger partial charge in [0.15, 0.2) is 0 Å². The van der Waals surface area contributed by atoms with E-state index in [1.54, 1.807) is 0 Å². The molecule has 1 nitrogen and oxygen atoms in total. The summed E-state index contributed by atoms with van der Waals surface area (Å²) in [4.78, 5) is 2.99. The van der Waals surface area contributed by atoms with Crippen LogP contribution in [0.25, 0.3) is 10.9 Å². The van der Waals surface area contributed by atoms with Crippen molar-refractivity contribution in [2.45, 2.75) is 48.0 Å². The van der Waals surface area contributed by atoms with Crippen molar-refractivity contribution in [3.05, 3.63) is 110 Å². The largest absolute Gasteiger partial charge is 0.477 e. The molecule has 0 fully saturated rings. The zero-order valence-electron chi connectivity index (χ0n) is 21.1. The quantitative estimate of drug-likeness (QED) is 0.279. The van der Waals surface area contributed by atoms with Gasteiger partial charge in [0.25, 0.3) is 0 Å². The fourth-order valence-corrected chi connectivity index (χ4v) is 1.27. The van der Waals surface area contributed by atoms with Gasteiger partial charge < -0.3 is 54.0 Å². The van der Waals surface area contributed by atoms with Gasteiger partial charge in [-0.3, -0.25) is 6.08 Å². The van der Waals surface area contributed by atoms with Gasteiger partial charge in [-0.2, -0.15) is 59.1 Å². The van der Waals surface area contributed by atoms with Crippen molar-refractivity contribution >= 4 is 35.7 Å². The van der Waals surface area contributed by atoms with Gasteiger partial charge in [-0.15, -0.1) is 55.1 Å². The molecule has 3 rings (SSSR count). The molecule has 0 aliphatic heterocycles. The predicted octanol–water partition coefficient (Wildman–Crippen LogP) is 9.61. The Balaban J connectivity index is -0.0000000272. The third-order valence-electron chi connectivity index (χ3n) is 1.98. The zero-order chi connectivity index (χ0) is 16.8. The van der Waals surface area contributed by atoms with Gasteiger partial charge >= 0.3 is 0 Å². The van der Waals surface area contributed by atoms with Crippen LogP contribution in [0.4, 0.5) is 0 Å². The Morgan fingerprint density at radius 3 is 1.53 bits per heavy atom. The first-order valence-corrected chi connectivity index (χ1v) is 7.62. The van der Waals surface area contributed by atoms with Crippen LogP contribution in [0.1, 0.15) is 48.0 Å². The van der Waals surface area contributed by atoms with E-state index in [-0.39, 0.29) is 83.7 Å². The van der Waals surface area contributed by atoms with Gasteiger partial charge in [-0.05, 0) is 0 Å². The van der Waals surface area contributed by atoms with Gasteiger partial charge in [0, 0.05) is 21.7 Å². The zero-order valence-corrected chi connectivity index (χ0v) is 24.3. The molecule has 2 aromatic rings. The summed E-state index contributed by atoms with van der Waals surface area (Å²) in [7, 11) is 0. The molecule has 0 atom stereocenters. The maximum absolute atomic E-state index is 2.99. The Morgan fingerprint density at radius 2 is 1.23 bits per heavy atom. The average molecular weight is 491 g/mol. The minimum Gasteiger partial charge on any atom is -0.477 e. The number of aromatic nitrogens is 1. The third kappa shape index (κ3) is 41.8. The molecule has 1 heterocycles. The number of aromatic amines is 1. The molecule has 0 unspecified atom stereocenters. The number of nitrogens with one attached hydrogen (secondary N) is 1. The van der Waals surface area contributed by atoms with E-state index in [1.807, 2.05) is 36.4 Å². The van der Waals surface area contributed by atoms with Crippen LogP contribution >= 0.6 is 24.8 Å². The van der Waals surface area contributed by atoms with Gasteiger partial charge in [-0.1, -0.05) is 12.1 Å². The van der Waals surface area contributed by atoms with Crippen LogP contribution in [0.15, 0.2) is 48.6 Å². The number of fused-ring (bicyclic) bond motifs is 1. The Hall–Kier alpha value is -0.466. The standard InChI is InChI=1S/C8H6N.C5H5.2C4H9.5CH3.2ClH.Ti/c1-2-4-8-7(3-1)5-6-9-8;1-2-4-5-3-1;2*1-4(2)3;;;;;;;;/h1-5,9H;1-3H,4H2;2*1-3H3;5*1H3;2*1H;/q9*-1;;;.